The van der Waals surface area contributed by atoms with Gasteiger partial charge in [0.15, 0.2) is 0 Å². The van der Waals surface area contributed by atoms with Crippen LogP contribution in [0.3, 0.4) is 0 Å². The molecule has 1 N–H and O–H groups in total. The number of piperidine rings is 1. The lowest BCUT2D eigenvalue weighted by atomic mass is 10.1. The summed E-state index contributed by atoms with van der Waals surface area (Å²) in [6.45, 7) is 5.17. The standard InChI is InChI=1S/C9H16N2O/c1-3-9(12)11-6-4-5-8(7-11)10-2/h3,8,10H,1,4-7H2,2H3/t8-/m0/s1. The molecule has 0 unspecified atom stereocenters. The first-order chi connectivity index (χ1) is 5.77. The fourth-order valence-corrected chi connectivity index (χ4v) is 1.54. The van der Waals surface area contributed by atoms with Crippen molar-refractivity contribution in [3.8, 4) is 0 Å². The van der Waals surface area contributed by atoms with Gasteiger partial charge in [0, 0.05) is 19.1 Å². The van der Waals surface area contributed by atoms with E-state index in [1.54, 1.807) is 0 Å². The molecular weight excluding hydrogens is 152 g/mol. The molecule has 0 spiro atoms. The first-order valence-corrected chi connectivity index (χ1v) is 4.36. The minimum atomic E-state index is 0.0509. The molecule has 68 valence electrons. The Balaban J connectivity index is 2.45. The molecule has 1 saturated heterocycles. The number of carbonyl (C=O) groups is 1. The van der Waals surface area contributed by atoms with E-state index < -0.39 is 0 Å². The normalized spacial score (nSPS) is 23.8. The number of amides is 1. The Kier molecular flexibility index (Phi) is 3.29. The molecule has 0 aromatic rings. The maximum atomic E-state index is 11.2. The summed E-state index contributed by atoms with van der Waals surface area (Å²) in [5.41, 5.74) is 0. The predicted molar refractivity (Wildman–Crippen MR) is 48.9 cm³/mol. The van der Waals surface area contributed by atoms with Crippen molar-refractivity contribution in [2.75, 3.05) is 20.1 Å². The molecule has 1 rings (SSSR count). The van der Waals surface area contributed by atoms with Crippen LogP contribution in [0.5, 0.6) is 0 Å². The molecule has 0 aromatic heterocycles. The molecule has 1 fully saturated rings. The zero-order valence-electron chi connectivity index (χ0n) is 7.55. The zero-order chi connectivity index (χ0) is 8.97. The molecule has 0 aromatic carbocycles. The Morgan fingerprint density at radius 3 is 3.08 bits per heavy atom. The van der Waals surface area contributed by atoms with Crippen LogP contribution < -0.4 is 5.32 Å². The van der Waals surface area contributed by atoms with Gasteiger partial charge in [-0.2, -0.15) is 0 Å². The SMILES string of the molecule is C=CC(=O)N1CCC[C@H](NC)C1. The van der Waals surface area contributed by atoms with Crippen molar-refractivity contribution < 1.29 is 4.79 Å². The number of nitrogens with zero attached hydrogens (tertiary/aromatic N) is 1. The second-order valence-electron chi connectivity index (χ2n) is 3.12. The lowest BCUT2D eigenvalue weighted by molar-refractivity contribution is -0.127. The number of rotatable bonds is 2. The number of hydrogen-bond acceptors (Lipinski definition) is 2. The van der Waals surface area contributed by atoms with Crippen LogP contribution >= 0.6 is 0 Å². The van der Waals surface area contributed by atoms with Crippen molar-refractivity contribution in [3.63, 3.8) is 0 Å². The van der Waals surface area contributed by atoms with Crippen molar-refractivity contribution in [1.82, 2.24) is 10.2 Å². The monoisotopic (exact) mass is 168 g/mol. The summed E-state index contributed by atoms with van der Waals surface area (Å²) >= 11 is 0. The van der Waals surface area contributed by atoms with Gasteiger partial charge in [0.05, 0.1) is 0 Å². The first kappa shape index (κ1) is 9.26. The van der Waals surface area contributed by atoms with Gasteiger partial charge >= 0.3 is 0 Å². The van der Waals surface area contributed by atoms with Gasteiger partial charge in [-0.15, -0.1) is 0 Å². The molecule has 1 aliphatic rings. The molecule has 0 saturated carbocycles. The highest BCUT2D eigenvalue weighted by atomic mass is 16.2. The van der Waals surface area contributed by atoms with Crippen LogP contribution in [0.4, 0.5) is 0 Å². The molecule has 0 radical (unpaired) electrons. The fourth-order valence-electron chi connectivity index (χ4n) is 1.54. The van der Waals surface area contributed by atoms with E-state index in [1.807, 2.05) is 11.9 Å². The van der Waals surface area contributed by atoms with E-state index in [1.165, 1.54) is 6.08 Å². The average molecular weight is 168 g/mol. The molecule has 1 heterocycles. The smallest absolute Gasteiger partial charge is 0.246 e. The lowest BCUT2D eigenvalue weighted by Crippen LogP contribution is -2.46. The summed E-state index contributed by atoms with van der Waals surface area (Å²) in [5.74, 6) is 0.0509. The van der Waals surface area contributed by atoms with Gasteiger partial charge in [0.2, 0.25) is 5.91 Å². The van der Waals surface area contributed by atoms with Crippen LogP contribution in [0, 0.1) is 0 Å². The minimum absolute atomic E-state index is 0.0509. The molecule has 1 atom stereocenters. The second-order valence-corrected chi connectivity index (χ2v) is 3.12. The van der Waals surface area contributed by atoms with E-state index in [9.17, 15) is 4.79 Å². The minimum Gasteiger partial charge on any atom is -0.338 e. The highest BCUT2D eigenvalue weighted by molar-refractivity contribution is 5.87. The highest BCUT2D eigenvalue weighted by Gasteiger charge is 2.20. The van der Waals surface area contributed by atoms with Crippen LogP contribution in [0.15, 0.2) is 12.7 Å². The lowest BCUT2D eigenvalue weighted by Gasteiger charge is -2.31. The van der Waals surface area contributed by atoms with E-state index >= 15 is 0 Å². The molecular formula is C9H16N2O. The van der Waals surface area contributed by atoms with Crippen molar-refractivity contribution in [1.29, 1.82) is 0 Å². The maximum Gasteiger partial charge on any atom is 0.246 e. The summed E-state index contributed by atoms with van der Waals surface area (Å²) in [4.78, 5) is 13.1. The van der Waals surface area contributed by atoms with Gasteiger partial charge in [0.25, 0.3) is 0 Å². The summed E-state index contributed by atoms with van der Waals surface area (Å²) in [5, 5.41) is 3.18. The third-order valence-electron chi connectivity index (χ3n) is 2.32. The topological polar surface area (TPSA) is 32.3 Å². The second kappa shape index (κ2) is 4.26. The van der Waals surface area contributed by atoms with Crippen molar-refractivity contribution in [3.05, 3.63) is 12.7 Å². The van der Waals surface area contributed by atoms with Crippen LogP contribution in [0.2, 0.25) is 0 Å². The van der Waals surface area contributed by atoms with E-state index in [2.05, 4.69) is 11.9 Å². The zero-order valence-corrected chi connectivity index (χ0v) is 7.55. The van der Waals surface area contributed by atoms with Crippen LogP contribution in [0.1, 0.15) is 12.8 Å². The summed E-state index contributed by atoms with van der Waals surface area (Å²) < 4.78 is 0. The Morgan fingerprint density at radius 2 is 2.50 bits per heavy atom. The largest absolute Gasteiger partial charge is 0.338 e. The molecule has 3 nitrogen and oxygen atoms in total. The number of hydrogen-bond donors (Lipinski definition) is 1. The highest BCUT2D eigenvalue weighted by Crippen LogP contribution is 2.09. The van der Waals surface area contributed by atoms with Crippen molar-refractivity contribution in [2.45, 2.75) is 18.9 Å². The third kappa shape index (κ3) is 2.08. The molecule has 0 bridgehead atoms. The van der Waals surface area contributed by atoms with Gasteiger partial charge in [-0.1, -0.05) is 6.58 Å². The summed E-state index contributed by atoms with van der Waals surface area (Å²) in [7, 11) is 1.94. The molecule has 3 heteroatoms. The number of likely N-dealkylation sites (N-methyl/N-ethyl adjacent to an activating group) is 1. The number of likely N-dealkylation sites (tertiary alicyclic amines) is 1. The summed E-state index contributed by atoms with van der Waals surface area (Å²) in [6, 6.07) is 0.461. The van der Waals surface area contributed by atoms with Crippen molar-refractivity contribution in [2.24, 2.45) is 0 Å². The molecule has 1 amide bonds. The van der Waals surface area contributed by atoms with Crippen LogP contribution in [0.25, 0.3) is 0 Å². The van der Waals surface area contributed by atoms with E-state index in [-0.39, 0.29) is 5.91 Å². The Hall–Kier alpha value is -0.830. The predicted octanol–water partition coefficient (Wildman–Crippen LogP) is 0.383. The summed E-state index contributed by atoms with van der Waals surface area (Å²) in [6.07, 6.45) is 3.64. The molecule has 1 aliphatic heterocycles. The van der Waals surface area contributed by atoms with Gasteiger partial charge in [-0.25, -0.2) is 0 Å². The Morgan fingerprint density at radius 1 is 1.75 bits per heavy atom. The first-order valence-electron chi connectivity index (χ1n) is 4.36. The van der Waals surface area contributed by atoms with Gasteiger partial charge < -0.3 is 10.2 Å². The van der Waals surface area contributed by atoms with E-state index in [0.717, 1.165) is 25.9 Å². The van der Waals surface area contributed by atoms with Crippen LogP contribution in [-0.4, -0.2) is 37.0 Å². The average Bonchev–Trinajstić information content (AvgIpc) is 2.17. The third-order valence-corrected chi connectivity index (χ3v) is 2.32. The maximum absolute atomic E-state index is 11.2. The van der Waals surface area contributed by atoms with Gasteiger partial charge in [0.1, 0.15) is 0 Å². The van der Waals surface area contributed by atoms with E-state index in [0.29, 0.717) is 6.04 Å². The quantitative estimate of drug-likeness (QED) is 0.605. The molecule has 0 aliphatic carbocycles. The fraction of sp³-hybridized carbons (Fsp3) is 0.667. The molecule has 12 heavy (non-hydrogen) atoms. The Bertz CT molecular complexity index is 179. The van der Waals surface area contributed by atoms with Gasteiger partial charge in [-0.05, 0) is 26.0 Å². The van der Waals surface area contributed by atoms with Crippen LogP contribution in [-0.2, 0) is 4.79 Å². The number of nitrogens with one attached hydrogen (secondary N) is 1. The Labute approximate surface area is 73.4 Å². The van der Waals surface area contributed by atoms with Crippen molar-refractivity contribution >= 4 is 5.91 Å². The van der Waals surface area contributed by atoms with Gasteiger partial charge in [-0.3, -0.25) is 4.79 Å². The number of carbonyl (C=O) groups excluding carboxylic acids is 1. The van der Waals surface area contributed by atoms with E-state index in [4.69, 9.17) is 0 Å².